The second-order valence-corrected chi connectivity index (χ2v) is 4.22. The Hall–Kier alpha value is -1.85. The van der Waals surface area contributed by atoms with Gasteiger partial charge in [-0.2, -0.15) is 0 Å². The molecule has 0 radical (unpaired) electrons. The second-order valence-electron chi connectivity index (χ2n) is 4.22. The summed E-state index contributed by atoms with van der Waals surface area (Å²) in [5.41, 5.74) is 0.389. The summed E-state index contributed by atoms with van der Waals surface area (Å²) in [5, 5.41) is 8.71. The third kappa shape index (κ3) is 2.46. The third-order valence-electron chi connectivity index (χ3n) is 2.94. The van der Waals surface area contributed by atoms with Crippen LogP contribution in [0.5, 0.6) is 0 Å². The van der Waals surface area contributed by atoms with E-state index in [2.05, 4.69) is 9.97 Å². The Morgan fingerprint density at radius 1 is 1.47 bits per heavy atom. The number of hydrogen-bond acceptors (Lipinski definition) is 4. The van der Waals surface area contributed by atoms with Gasteiger partial charge < -0.3 is 10.0 Å². The summed E-state index contributed by atoms with van der Waals surface area (Å²) in [7, 11) is 0. The molecule has 0 aromatic carbocycles. The summed E-state index contributed by atoms with van der Waals surface area (Å²) in [6.07, 6.45) is 1.91. The van der Waals surface area contributed by atoms with Crippen molar-refractivity contribution in [3.8, 4) is 0 Å². The van der Waals surface area contributed by atoms with Crippen LogP contribution in [0.2, 0.25) is 0 Å². The molecule has 0 saturated carbocycles. The minimum atomic E-state index is -1.02. The van der Waals surface area contributed by atoms with Crippen molar-refractivity contribution >= 4 is 11.9 Å². The number of aromatic amines is 1. The highest BCUT2D eigenvalue weighted by atomic mass is 16.4. The van der Waals surface area contributed by atoms with Gasteiger partial charge in [-0.15, -0.1) is 0 Å². The zero-order chi connectivity index (χ0) is 12.4. The number of carboxylic acid groups (broad SMARTS) is 1. The lowest BCUT2D eigenvalue weighted by Gasteiger charge is -2.16. The highest BCUT2D eigenvalue weighted by Crippen LogP contribution is 2.15. The van der Waals surface area contributed by atoms with Gasteiger partial charge in [-0.25, -0.2) is 4.98 Å². The molecular weight excluding hydrogens is 222 g/mol. The van der Waals surface area contributed by atoms with E-state index in [1.165, 1.54) is 0 Å². The average Bonchev–Trinajstić information content (AvgIpc) is 2.76. The van der Waals surface area contributed by atoms with Gasteiger partial charge in [-0.3, -0.25) is 14.6 Å². The summed E-state index contributed by atoms with van der Waals surface area (Å²) >= 11 is 0. The van der Waals surface area contributed by atoms with Crippen molar-refractivity contribution in [3.05, 3.63) is 21.6 Å². The number of nitrogens with zero attached hydrogens (tertiary/aromatic N) is 2. The first kappa shape index (κ1) is 11.6. The SMILES string of the molecule is Cc1nc(N2CCCC2)[nH]c(=O)c1CC(=O)O. The Bertz CT molecular complexity index is 489. The number of hydrogen-bond donors (Lipinski definition) is 2. The van der Waals surface area contributed by atoms with Gasteiger partial charge in [0.05, 0.1) is 12.1 Å². The Balaban J connectivity index is 2.34. The minimum Gasteiger partial charge on any atom is -0.481 e. The number of carbonyl (C=O) groups is 1. The summed E-state index contributed by atoms with van der Waals surface area (Å²) in [6.45, 7) is 3.45. The number of nitrogens with one attached hydrogen (secondary N) is 1. The van der Waals surface area contributed by atoms with Gasteiger partial charge in [0.25, 0.3) is 5.56 Å². The molecule has 1 aromatic heterocycles. The lowest BCUT2D eigenvalue weighted by atomic mass is 10.2. The molecular formula is C11H15N3O3. The van der Waals surface area contributed by atoms with Crippen LogP contribution >= 0.6 is 0 Å². The molecule has 2 heterocycles. The van der Waals surface area contributed by atoms with Crippen molar-refractivity contribution in [2.24, 2.45) is 0 Å². The van der Waals surface area contributed by atoms with E-state index in [9.17, 15) is 9.59 Å². The average molecular weight is 237 g/mol. The van der Waals surface area contributed by atoms with Gasteiger partial charge in [-0.1, -0.05) is 0 Å². The van der Waals surface area contributed by atoms with E-state index in [0.717, 1.165) is 25.9 Å². The van der Waals surface area contributed by atoms with Crippen molar-refractivity contribution < 1.29 is 9.90 Å². The molecule has 2 rings (SSSR count). The lowest BCUT2D eigenvalue weighted by Crippen LogP contribution is -2.27. The highest BCUT2D eigenvalue weighted by molar-refractivity contribution is 5.70. The predicted octanol–water partition coefficient (Wildman–Crippen LogP) is 0.306. The van der Waals surface area contributed by atoms with Crippen LogP contribution in [0.25, 0.3) is 0 Å². The van der Waals surface area contributed by atoms with Crippen LogP contribution in [-0.2, 0) is 11.2 Å². The smallest absolute Gasteiger partial charge is 0.308 e. The predicted molar refractivity (Wildman–Crippen MR) is 62.4 cm³/mol. The highest BCUT2D eigenvalue weighted by Gasteiger charge is 2.17. The van der Waals surface area contributed by atoms with Gasteiger partial charge in [0.2, 0.25) is 5.95 Å². The maximum Gasteiger partial charge on any atom is 0.308 e. The Labute approximate surface area is 98.3 Å². The number of aromatic nitrogens is 2. The quantitative estimate of drug-likeness (QED) is 0.790. The van der Waals surface area contributed by atoms with Crippen LogP contribution in [0, 0.1) is 6.92 Å². The number of rotatable bonds is 3. The van der Waals surface area contributed by atoms with E-state index in [1.807, 2.05) is 4.90 Å². The van der Waals surface area contributed by atoms with E-state index in [4.69, 9.17) is 5.11 Å². The van der Waals surface area contributed by atoms with Crippen molar-refractivity contribution in [3.63, 3.8) is 0 Å². The van der Waals surface area contributed by atoms with Gasteiger partial charge >= 0.3 is 5.97 Å². The zero-order valence-electron chi connectivity index (χ0n) is 9.69. The standard InChI is InChI=1S/C11H15N3O3/c1-7-8(6-9(15)16)10(17)13-11(12-7)14-4-2-3-5-14/h2-6H2,1H3,(H,15,16)(H,12,13,17). The van der Waals surface area contributed by atoms with Crippen molar-refractivity contribution in [2.75, 3.05) is 18.0 Å². The summed E-state index contributed by atoms with van der Waals surface area (Å²) in [5.74, 6) is -0.464. The van der Waals surface area contributed by atoms with E-state index < -0.39 is 5.97 Å². The number of aryl methyl sites for hydroxylation is 1. The molecule has 0 bridgehead atoms. The van der Waals surface area contributed by atoms with Crippen LogP contribution in [0.3, 0.4) is 0 Å². The first-order valence-corrected chi connectivity index (χ1v) is 5.64. The van der Waals surface area contributed by atoms with Gasteiger partial charge in [0.15, 0.2) is 0 Å². The van der Waals surface area contributed by atoms with Crippen molar-refractivity contribution in [1.29, 1.82) is 0 Å². The van der Waals surface area contributed by atoms with Crippen LogP contribution in [-0.4, -0.2) is 34.1 Å². The van der Waals surface area contributed by atoms with Gasteiger partial charge in [0.1, 0.15) is 0 Å². The molecule has 6 heteroatoms. The van der Waals surface area contributed by atoms with Crippen molar-refractivity contribution in [1.82, 2.24) is 9.97 Å². The zero-order valence-corrected chi connectivity index (χ0v) is 9.69. The summed E-state index contributed by atoms with van der Waals surface area (Å²) < 4.78 is 0. The molecule has 2 N–H and O–H groups in total. The van der Waals surface area contributed by atoms with Crippen molar-refractivity contribution in [2.45, 2.75) is 26.2 Å². The molecule has 1 saturated heterocycles. The molecule has 0 atom stereocenters. The molecule has 0 amide bonds. The lowest BCUT2D eigenvalue weighted by molar-refractivity contribution is -0.136. The third-order valence-corrected chi connectivity index (χ3v) is 2.94. The molecule has 1 aliphatic rings. The van der Waals surface area contributed by atoms with Crippen LogP contribution in [0.4, 0.5) is 5.95 Å². The maximum absolute atomic E-state index is 11.8. The second kappa shape index (κ2) is 4.57. The molecule has 92 valence electrons. The Morgan fingerprint density at radius 3 is 2.65 bits per heavy atom. The summed E-state index contributed by atoms with van der Waals surface area (Å²) in [6, 6.07) is 0. The van der Waals surface area contributed by atoms with E-state index in [-0.39, 0.29) is 17.5 Å². The molecule has 1 aromatic rings. The van der Waals surface area contributed by atoms with Crippen LogP contribution in [0.15, 0.2) is 4.79 Å². The number of anilines is 1. The van der Waals surface area contributed by atoms with E-state index in [0.29, 0.717) is 11.6 Å². The molecule has 1 aliphatic heterocycles. The van der Waals surface area contributed by atoms with Gasteiger partial charge in [0, 0.05) is 18.7 Å². The topological polar surface area (TPSA) is 86.3 Å². The van der Waals surface area contributed by atoms with Crippen LogP contribution in [0.1, 0.15) is 24.1 Å². The Morgan fingerprint density at radius 2 is 2.12 bits per heavy atom. The minimum absolute atomic E-state index is 0.237. The number of H-pyrrole nitrogens is 1. The van der Waals surface area contributed by atoms with Gasteiger partial charge in [-0.05, 0) is 19.8 Å². The first-order valence-electron chi connectivity index (χ1n) is 5.64. The Kier molecular flexibility index (Phi) is 3.12. The monoisotopic (exact) mass is 237 g/mol. The molecule has 0 aliphatic carbocycles. The molecule has 6 nitrogen and oxygen atoms in total. The molecule has 0 unspecified atom stereocenters. The molecule has 1 fully saturated rings. The first-order chi connectivity index (χ1) is 8.08. The van der Waals surface area contributed by atoms with E-state index >= 15 is 0 Å². The van der Waals surface area contributed by atoms with E-state index in [1.54, 1.807) is 6.92 Å². The normalized spacial score (nSPS) is 15.2. The largest absolute Gasteiger partial charge is 0.481 e. The summed E-state index contributed by atoms with van der Waals surface area (Å²) in [4.78, 5) is 31.3. The van der Waals surface area contributed by atoms with Crippen LogP contribution < -0.4 is 10.5 Å². The number of aliphatic carboxylic acids is 1. The fourth-order valence-electron chi connectivity index (χ4n) is 2.03. The molecule has 0 spiro atoms. The fraction of sp³-hybridized carbons (Fsp3) is 0.545. The fourth-order valence-corrected chi connectivity index (χ4v) is 2.03. The number of carboxylic acids is 1. The molecule has 17 heavy (non-hydrogen) atoms. The maximum atomic E-state index is 11.8.